The molecule has 2 heterocycles. The number of hydrogen-bond donors (Lipinski definition) is 1. The van der Waals surface area contributed by atoms with E-state index in [4.69, 9.17) is 4.74 Å². The molecule has 0 radical (unpaired) electrons. The van der Waals surface area contributed by atoms with Gasteiger partial charge in [-0.1, -0.05) is 0 Å². The number of halogens is 3. The lowest BCUT2D eigenvalue weighted by Gasteiger charge is -2.12. The van der Waals surface area contributed by atoms with Crippen LogP contribution in [0.3, 0.4) is 0 Å². The molecular weight excluding hydrogens is 299 g/mol. The molecule has 1 N–H and O–H groups in total. The highest BCUT2D eigenvalue weighted by molar-refractivity contribution is 5.80. The summed E-state index contributed by atoms with van der Waals surface area (Å²) in [6, 6.07) is 6.42. The Hall–Kier alpha value is -2.77. The second kappa shape index (κ2) is 4.90. The van der Waals surface area contributed by atoms with E-state index in [1.54, 1.807) is 12.1 Å². The molecule has 3 aromatic rings. The second-order valence-electron chi connectivity index (χ2n) is 4.55. The fourth-order valence-electron chi connectivity index (χ4n) is 2.23. The Morgan fingerprint density at radius 2 is 2.05 bits per heavy atom. The van der Waals surface area contributed by atoms with E-state index >= 15 is 0 Å². The smallest absolute Gasteiger partial charge is 0.416 e. The van der Waals surface area contributed by atoms with E-state index in [9.17, 15) is 18.0 Å². The lowest BCUT2D eigenvalue weighted by Crippen LogP contribution is -2.17. The SMILES string of the molecule is COc1cc(C(F)(F)F)ccc1-c1n[nH]c(=O)n2cccc12. The van der Waals surface area contributed by atoms with E-state index in [1.165, 1.54) is 23.8 Å². The van der Waals surface area contributed by atoms with E-state index < -0.39 is 17.4 Å². The minimum Gasteiger partial charge on any atom is -0.496 e. The number of hydrogen-bond acceptors (Lipinski definition) is 3. The third kappa shape index (κ3) is 2.22. The van der Waals surface area contributed by atoms with Gasteiger partial charge in [0.15, 0.2) is 0 Å². The summed E-state index contributed by atoms with van der Waals surface area (Å²) in [5.41, 5.74) is -0.0917. The quantitative estimate of drug-likeness (QED) is 0.792. The Labute approximate surface area is 122 Å². The molecule has 3 rings (SSSR count). The summed E-state index contributed by atoms with van der Waals surface area (Å²) in [5, 5.41) is 6.23. The molecule has 0 saturated heterocycles. The molecule has 5 nitrogen and oxygen atoms in total. The largest absolute Gasteiger partial charge is 0.496 e. The zero-order valence-corrected chi connectivity index (χ0v) is 11.3. The van der Waals surface area contributed by atoms with Crippen LogP contribution < -0.4 is 10.4 Å². The third-order valence-electron chi connectivity index (χ3n) is 3.26. The van der Waals surface area contributed by atoms with Crippen LogP contribution in [0, 0.1) is 0 Å². The van der Waals surface area contributed by atoms with Gasteiger partial charge >= 0.3 is 11.9 Å². The highest BCUT2D eigenvalue weighted by atomic mass is 19.4. The average molecular weight is 309 g/mol. The van der Waals surface area contributed by atoms with Crippen molar-refractivity contribution in [1.82, 2.24) is 14.6 Å². The topological polar surface area (TPSA) is 59.4 Å². The Morgan fingerprint density at radius 3 is 2.73 bits per heavy atom. The van der Waals surface area contributed by atoms with Crippen LogP contribution in [0.5, 0.6) is 5.75 Å². The zero-order valence-electron chi connectivity index (χ0n) is 11.3. The number of ether oxygens (including phenoxy) is 1. The molecule has 0 spiro atoms. The van der Waals surface area contributed by atoms with Crippen molar-refractivity contribution in [1.29, 1.82) is 0 Å². The predicted molar refractivity (Wildman–Crippen MR) is 72.8 cm³/mol. The molecule has 2 aromatic heterocycles. The van der Waals surface area contributed by atoms with Crippen LogP contribution in [0.15, 0.2) is 41.3 Å². The Balaban J connectivity index is 2.25. The van der Waals surface area contributed by atoms with Gasteiger partial charge in [-0.15, -0.1) is 0 Å². The third-order valence-corrected chi connectivity index (χ3v) is 3.26. The van der Waals surface area contributed by atoms with Crippen molar-refractivity contribution in [2.45, 2.75) is 6.18 Å². The zero-order chi connectivity index (χ0) is 15.9. The van der Waals surface area contributed by atoms with Gasteiger partial charge in [-0.05, 0) is 30.3 Å². The first-order chi connectivity index (χ1) is 10.4. The number of nitrogens with one attached hydrogen (secondary N) is 1. The van der Waals surface area contributed by atoms with Crippen molar-refractivity contribution in [2.75, 3.05) is 7.11 Å². The fraction of sp³-hybridized carbons (Fsp3) is 0.143. The average Bonchev–Trinajstić information content (AvgIpc) is 2.96. The summed E-state index contributed by atoms with van der Waals surface area (Å²) in [6.45, 7) is 0. The maximum absolute atomic E-state index is 12.8. The van der Waals surface area contributed by atoms with Crippen LogP contribution in [0.25, 0.3) is 16.8 Å². The number of alkyl halides is 3. The van der Waals surface area contributed by atoms with Gasteiger partial charge in [0, 0.05) is 11.8 Å². The minimum atomic E-state index is -4.46. The molecule has 0 atom stereocenters. The van der Waals surface area contributed by atoms with Gasteiger partial charge in [0.1, 0.15) is 11.4 Å². The maximum atomic E-state index is 12.8. The lowest BCUT2D eigenvalue weighted by atomic mass is 10.1. The van der Waals surface area contributed by atoms with Gasteiger partial charge in [0.2, 0.25) is 0 Å². The fourth-order valence-corrected chi connectivity index (χ4v) is 2.23. The summed E-state index contributed by atoms with van der Waals surface area (Å²) < 4.78 is 44.7. The standard InChI is InChI=1S/C14H10F3N3O2/c1-22-11-7-8(14(15,16)17)4-5-9(11)12-10-3-2-6-20(10)13(21)19-18-12/h2-7H,1H3,(H,19,21). The van der Waals surface area contributed by atoms with E-state index in [-0.39, 0.29) is 5.75 Å². The summed E-state index contributed by atoms with van der Waals surface area (Å²) in [6.07, 6.45) is -2.93. The molecule has 0 unspecified atom stereocenters. The number of benzene rings is 1. The Bertz CT molecular complexity index is 896. The number of H-pyrrole nitrogens is 1. The lowest BCUT2D eigenvalue weighted by molar-refractivity contribution is -0.137. The molecule has 1 aromatic carbocycles. The molecule has 0 fully saturated rings. The van der Waals surface area contributed by atoms with E-state index in [2.05, 4.69) is 10.2 Å². The van der Waals surface area contributed by atoms with Crippen molar-refractivity contribution in [3.05, 3.63) is 52.6 Å². The number of fused-ring (bicyclic) bond motifs is 1. The van der Waals surface area contributed by atoms with Crippen LogP contribution in [0.4, 0.5) is 13.2 Å². The normalized spacial score (nSPS) is 11.8. The van der Waals surface area contributed by atoms with Crippen molar-refractivity contribution in [2.24, 2.45) is 0 Å². The van der Waals surface area contributed by atoms with Crippen LogP contribution >= 0.6 is 0 Å². The van der Waals surface area contributed by atoms with Gasteiger partial charge in [0.25, 0.3) is 0 Å². The Morgan fingerprint density at radius 1 is 1.27 bits per heavy atom. The van der Waals surface area contributed by atoms with Crippen LogP contribution in [0.2, 0.25) is 0 Å². The van der Waals surface area contributed by atoms with Crippen molar-refractivity contribution in [3.8, 4) is 17.0 Å². The maximum Gasteiger partial charge on any atom is 0.416 e. The van der Waals surface area contributed by atoms with E-state index in [1.807, 2.05) is 0 Å². The van der Waals surface area contributed by atoms with Crippen LogP contribution in [0.1, 0.15) is 5.56 Å². The molecule has 0 aliphatic carbocycles. The van der Waals surface area contributed by atoms with E-state index in [0.29, 0.717) is 16.8 Å². The highest BCUT2D eigenvalue weighted by Crippen LogP contribution is 2.37. The molecule has 8 heteroatoms. The van der Waals surface area contributed by atoms with Gasteiger partial charge in [0.05, 0.1) is 18.2 Å². The first-order valence-electron chi connectivity index (χ1n) is 6.23. The van der Waals surface area contributed by atoms with E-state index in [0.717, 1.165) is 12.1 Å². The molecule has 0 aliphatic heterocycles. The molecule has 0 aliphatic rings. The monoisotopic (exact) mass is 309 g/mol. The molecule has 22 heavy (non-hydrogen) atoms. The molecular formula is C14H10F3N3O2. The molecule has 0 amide bonds. The summed E-state index contributed by atoms with van der Waals surface area (Å²) in [4.78, 5) is 11.6. The van der Waals surface area contributed by atoms with Crippen molar-refractivity contribution in [3.63, 3.8) is 0 Å². The summed E-state index contributed by atoms with van der Waals surface area (Å²) >= 11 is 0. The predicted octanol–water partition coefficient (Wildman–Crippen LogP) is 2.72. The van der Waals surface area contributed by atoms with Gasteiger partial charge in [-0.25, -0.2) is 9.89 Å². The first-order valence-corrected chi connectivity index (χ1v) is 6.23. The summed E-state index contributed by atoms with van der Waals surface area (Å²) in [7, 11) is 1.28. The minimum absolute atomic E-state index is 0.0254. The van der Waals surface area contributed by atoms with Gasteiger partial charge in [-0.3, -0.25) is 4.40 Å². The number of methoxy groups -OCH3 is 1. The van der Waals surface area contributed by atoms with Crippen LogP contribution in [-0.4, -0.2) is 21.7 Å². The number of nitrogens with zero attached hydrogens (tertiary/aromatic N) is 2. The van der Waals surface area contributed by atoms with Crippen molar-refractivity contribution < 1.29 is 17.9 Å². The highest BCUT2D eigenvalue weighted by Gasteiger charge is 2.31. The first kappa shape index (κ1) is 14.2. The molecule has 0 bridgehead atoms. The van der Waals surface area contributed by atoms with Crippen molar-refractivity contribution >= 4 is 5.52 Å². The molecule has 114 valence electrons. The molecule has 0 saturated carbocycles. The number of aromatic amines is 1. The Kier molecular flexibility index (Phi) is 3.16. The number of rotatable bonds is 2. The van der Waals surface area contributed by atoms with Crippen LogP contribution in [-0.2, 0) is 6.18 Å². The van der Waals surface area contributed by atoms with Gasteiger partial charge in [-0.2, -0.15) is 18.3 Å². The second-order valence-corrected chi connectivity index (χ2v) is 4.55. The van der Waals surface area contributed by atoms with Gasteiger partial charge < -0.3 is 4.74 Å². The summed E-state index contributed by atoms with van der Waals surface area (Å²) in [5.74, 6) is 0.0254. The number of aromatic nitrogens is 3.